The minimum atomic E-state index is 0.0985. The fourth-order valence-corrected chi connectivity index (χ4v) is 4.58. The van der Waals surface area contributed by atoms with Crippen LogP contribution < -0.4 is 5.56 Å². The van der Waals surface area contributed by atoms with Gasteiger partial charge in [-0.05, 0) is 71.0 Å². The van der Waals surface area contributed by atoms with Gasteiger partial charge in [-0.1, -0.05) is 0 Å². The van der Waals surface area contributed by atoms with Gasteiger partial charge in [-0.15, -0.1) is 0 Å². The number of nitrogens with zero attached hydrogens (tertiary/aromatic N) is 3. The van der Waals surface area contributed by atoms with Gasteiger partial charge in [0.25, 0.3) is 5.56 Å². The number of pyridine rings is 1. The number of aryl methyl sites for hydroxylation is 2. The number of fused-ring (bicyclic) bond motifs is 3. The third kappa shape index (κ3) is 2.50. The minimum Gasteiger partial charge on any atom is -0.307 e. The van der Waals surface area contributed by atoms with E-state index in [1.807, 2.05) is 11.7 Å². The Bertz CT molecular complexity index is 809. The van der Waals surface area contributed by atoms with Gasteiger partial charge in [0.1, 0.15) is 5.65 Å². The smallest absolute Gasteiger partial charge is 0.253 e. The molecule has 2 aromatic heterocycles. The topological polar surface area (TPSA) is 53.9 Å². The van der Waals surface area contributed by atoms with Crippen LogP contribution in [0.25, 0.3) is 11.0 Å². The average Bonchev–Trinajstić information content (AvgIpc) is 2.92. The molecule has 0 bridgehead atoms. The van der Waals surface area contributed by atoms with Crippen molar-refractivity contribution in [3.05, 3.63) is 27.2 Å². The molecule has 5 heteroatoms. The molecule has 0 radical (unpaired) electrons. The number of likely N-dealkylation sites (tertiary alicyclic amines) is 1. The van der Waals surface area contributed by atoms with Crippen molar-refractivity contribution in [1.29, 1.82) is 0 Å². The number of rotatable bonds is 2. The van der Waals surface area contributed by atoms with Gasteiger partial charge in [-0.25, -0.2) is 0 Å². The molecule has 3 heterocycles. The van der Waals surface area contributed by atoms with Crippen molar-refractivity contribution in [2.75, 3.05) is 13.1 Å². The van der Waals surface area contributed by atoms with Crippen LogP contribution in [0.3, 0.4) is 0 Å². The highest BCUT2D eigenvalue weighted by molar-refractivity contribution is 5.84. The summed E-state index contributed by atoms with van der Waals surface area (Å²) in [6.07, 6.45) is 6.59. The molecule has 0 aromatic carbocycles. The van der Waals surface area contributed by atoms with E-state index in [1.165, 1.54) is 23.1 Å². The Kier molecular flexibility index (Phi) is 3.99. The van der Waals surface area contributed by atoms with Crippen molar-refractivity contribution in [3.8, 4) is 0 Å². The largest absolute Gasteiger partial charge is 0.307 e. The van der Waals surface area contributed by atoms with Gasteiger partial charge in [0, 0.05) is 30.0 Å². The zero-order valence-corrected chi connectivity index (χ0v) is 15.1. The zero-order chi connectivity index (χ0) is 16.8. The molecule has 1 aliphatic heterocycles. The van der Waals surface area contributed by atoms with Gasteiger partial charge in [-0.2, -0.15) is 5.10 Å². The number of H-pyrrole nitrogens is 1. The van der Waals surface area contributed by atoms with Crippen LogP contribution in [0.1, 0.15) is 62.3 Å². The standard InChI is InChI=1S/C19H28N4O/c1-12(2)23-10-8-13(9-11-23)17-16-14-6-4-5-7-15(14)19(24)20-18(16)22(3)21-17/h12-13H,4-11H2,1-3H3,(H,20,24). The number of hydrogen-bond acceptors (Lipinski definition) is 3. The van der Waals surface area contributed by atoms with E-state index in [0.717, 1.165) is 56.4 Å². The number of aromatic amines is 1. The van der Waals surface area contributed by atoms with E-state index in [2.05, 4.69) is 23.7 Å². The highest BCUT2D eigenvalue weighted by Gasteiger charge is 2.29. The van der Waals surface area contributed by atoms with E-state index in [-0.39, 0.29) is 5.56 Å². The Hall–Kier alpha value is -1.62. The van der Waals surface area contributed by atoms with Crippen molar-refractivity contribution >= 4 is 11.0 Å². The van der Waals surface area contributed by atoms with Crippen molar-refractivity contribution in [2.24, 2.45) is 7.05 Å². The molecule has 0 amide bonds. The molecular weight excluding hydrogens is 300 g/mol. The minimum absolute atomic E-state index is 0.0985. The first kappa shape index (κ1) is 15.9. The molecule has 0 atom stereocenters. The SMILES string of the molecule is CC(C)N1CCC(c2nn(C)c3[nH]c(=O)c4c(c23)CCCC4)CC1. The summed E-state index contributed by atoms with van der Waals surface area (Å²) in [5.41, 5.74) is 4.55. The van der Waals surface area contributed by atoms with Crippen molar-refractivity contribution < 1.29 is 0 Å². The predicted octanol–water partition coefficient (Wildman–Crippen LogP) is 2.73. The maximum absolute atomic E-state index is 12.4. The van der Waals surface area contributed by atoms with E-state index in [0.29, 0.717) is 12.0 Å². The van der Waals surface area contributed by atoms with Gasteiger partial charge in [0.05, 0.1) is 5.69 Å². The lowest BCUT2D eigenvalue weighted by molar-refractivity contribution is 0.171. The number of nitrogens with one attached hydrogen (secondary N) is 1. The number of piperidine rings is 1. The summed E-state index contributed by atoms with van der Waals surface area (Å²) in [4.78, 5) is 18.1. The molecule has 1 saturated heterocycles. The van der Waals surface area contributed by atoms with Gasteiger partial charge < -0.3 is 9.88 Å². The second-order valence-electron chi connectivity index (χ2n) is 7.75. The number of aromatic nitrogens is 3. The summed E-state index contributed by atoms with van der Waals surface area (Å²) < 4.78 is 1.88. The van der Waals surface area contributed by atoms with Crippen LogP contribution >= 0.6 is 0 Å². The lowest BCUT2D eigenvalue weighted by Crippen LogP contribution is -2.38. The highest BCUT2D eigenvalue weighted by atomic mass is 16.1. The summed E-state index contributed by atoms with van der Waals surface area (Å²) in [6.45, 7) is 6.84. The summed E-state index contributed by atoms with van der Waals surface area (Å²) in [5.74, 6) is 0.514. The van der Waals surface area contributed by atoms with Gasteiger partial charge >= 0.3 is 0 Å². The van der Waals surface area contributed by atoms with Crippen LogP contribution in [0.2, 0.25) is 0 Å². The molecule has 0 unspecified atom stereocenters. The normalized spacial score (nSPS) is 20.0. The van der Waals surface area contributed by atoms with Gasteiger partial charge in [0.15, 0.2) is 0 Å². The monoisotopic (exact) mass is 328 g/mol. The molecule has 0 spiro atoms. The Balaban J connectivity index is 1.78. The van der Waals surface area contributed by atoms with Crippen LogP contribution in [-0.4, -0.2) is 38.8 Å². The van der Waals surface area contributed by atoms with Crippen LogP contribution in [-0.2, 0) is 19.9 Å². The molecule has 24 heavy (non-hydrogen) atoms. The quantitative estimate of drug-likeness (QED) is 0.922. The summed E-state index contributed by atoms with van der Waals surface area (Å²) >= 11 is 0. The van der Waals surface area contributed by atoms with Crippen molar-refractivity contribution in [2.45, 2.75) is 64.3 Å². The molecule has 1 N–H and O–H groups in total. The number of hydrogen-bond donors (Lipinski definition) is 1. The molecular formula is C19H28N4O. The Labute approximate surface area is 143 Å². The lowest BCUT2D eigenvalue weighted by Gasteiger charge is -2.34. The molecule has 4 rings (SSSR count). The first-order valence-corrected chi connectivity index (χ1v) is 9.41. The summed E-state index contributed by atoms with van der Waals surface area (Å²) in [6, 6.07) is 0.621. The molecule has 2 aromatic rings. The van der Waals surface area contributed by atoms with Crippen LogP contribution in [0.4, 0.5) is 0 Å². The molecule has 1 aliphatic carbocycles. The average molecular weight is 328 g/mol. The molecule has 130 valence electrons. The van der Waals surface area contributed by atoms with Crippen LogP contribution in [0, 0.1) is 0 Å². The third-order valence-electron chi connectivity index (χ3n) is 6.00. The fourth-order valence-electron chi connectivity index (χ4n) is 4.58. The van der Waals surface area contributed by atoms with E-state index >= 15 is 0 Å². The lowest BCUT2D eigenvalue weighted by atomic mass is 9.86. The third-order valence-corrected chi connectivity index (χ3v) is 6.00. The fraction of sp³-hybridized carbons (Fsp3) is 0.684. The molecule has 2 aliphatic rings. The maximum Gasteiger partial charge on any atom is 0.253 e. The van der Waals surface area contributed by atoms with Crippen LogP contribution in [0.5, 0.6) is 0 Å². The maximum atomic E-state index is 12.4. The van der Waals surface area contributed by atoms with Crippen molar-refractivity contribution in [3.63, 3.8) is 0 Å². The zero-order valence-electron chi connectivity index (χ0n) is 15.1. The van der Waals surface area contributed by atoms with Gasteiger partial charge in [0.2, 0.25) is 0 Å². The summed E-state index contributed by atoms with van der Waals surface area (Å²) in [5, 5.41) is 6.12. The molecule has 0 saturated carbocycles. The van der Waals surface area contributed by atoms with E-state index in [4.69, 9.17) is 5.10 Å². The predicted molar refractivity (Wildman–Crippen MR) is 96.7 cm³/mol. The Morgan fingerprint density at radius 3 is 2.46 bits per heavy atom. The van der Waals surface area contributed by atoms with E-state index in [9.17, 15) is 4.79 Å². The summed E-state index contributed by atoms with van der Waals surface area (Å²) in [7, 11) is 1.96. The Morgan fingerprint density at radius 1 is 1.12 bits per heavy atom. The van der Waals surface area contributed by atoms with Gasteiger partial charge in [-0.3, -0.25) is 9.48 Å². The van der Waals surface area contributed by atoms with Crippen molar-refractivity contribution in [1.82, 2.24) is 19.7 Å². The highest BCUT2D eigenvalue weighted by Crippen LogP contribution is 2.35. The Morgan fingerprint density at radius 2 is 1.79 bits per heavy atom. The first-order valence-electron chi connectivity index (χ1n) is 9.41. The second-order valence-corrected chi connectivity index (χ2v) is 7.75. The van der Waals surface area contributed by atoms with E-state index in [1.54, 1.807) is 0 Å². The van der Waals surface area contributed by atoms with Crippen LogP contribution in [0.15, 0.2) is 4.79 Å². The molecule has 5 nitrogen and oxygen atoms in total. The second kappa shape index (κ2) is 6.03. The molecule has 1 fully saturated rings. The first-order chi connectivity index (χ1) is 11.6. The van der Waals surface area contributed by atoms with E-state index < -0.39 is 0 Å².